The van der Waals surface area contributed by atoms with Gasteiger partial charge in [-0.15, -0.1) is 11.8 Å². The maximum Gasteiger partial charge on any atom is 0.407 e. The lowest BCUT2D eigenvalue weighted by Crippen LogP contribution is -2.55. The number of carbonyl (C=O) groups excluding carboxylic acids is 2. The van der Waals surface area contributed by atoms with E-state index in [0.717, 1.165) is 28.7 Å². The Labute approximate surface area is 302 Å². The van der Waals surface area contributed by atoms with Crippen molar-refractivity contribution in [1.82, 2.24) is 16.0 Å². The molecule has 4 rings (SSSR count). The first-order valence-corrected chi connectivity index (χ1v) is 18.5. The second-order valence-electron chi connectivity index (χ2n) is 13.8. The fraction of sp³-hybridized carbons (Fsp3) is 0.381. The monoisotopic (exact) mass is 695 g/mol. The zero-order chi connectivity index (χ0) is 36.0. The summed E-state index contributed by atoms with van der Waals surface area (Å²) in [5, 5.41) is 19.9. The summed E-state index contributed by atoms with van der Waals surface area (Å²) in [5.74, 6) is 0.329. The van der Waals surface area contributed by atoms with E-state index in [9.17, 15) is 14.7 Å². The second-order valence-corrected chi connectivity index (χ2v) is 15.0. The first-order chi connectivity index (χ1) is 24.1. The standard InChI is InChI=1S/C42H53N3O4S/c1-6-31(2)38(39(47)44-36(29-46)27-32-19-11-7-12-20-32)43-28-37(45-40(48)49-41(3,4)5)30-50-42(33-21-13-8-14-22-33,34-23-15-9-16-24-34)35-25-17-10-18-26-35/h7-26,31,36-38,43,46H,6,27-30H2,1-5H3,(H,44,47)(H,45,48)/t31-,36?,37+,38-/m0/s1. The van der Waals surface area contributed by atoms with Gasteiger partial charge in [0.1, 0.15) is 5.60 Å². The third-order valence-corrected chi connectivity index (χ3v) is 10.4. The minimum atomic E-state index is -0.672. The Kier molecular flexibility index (Phi) is 14.5. The van der Waals surface area contributed by atoms with Crippen molar-refractivity contribution < 1.29 is 19.4 Å². The van der Waals surface area contributed by atoms with Crippen LogP contribution in [0.25, 0.3) is 0 Å². The summed E-state index contributed by atoms with van der Waals surface area (Å²) >= 11 is 1.74. The third kappa shape index (κ3) is 10.9. The Hall–Kier alpha value is -4.11. The van der Waals surface area contributed by atoms with Gasteiger partial charge in [0.05, 0.1) is 29.5 Å². The summed E-state index contributed by atoms with van der Waals surface area (Å²) in [4.78, 5) is 27.0. The molecule has 0 aliphatic carbocycles. The second kappa shape index (κ2) is 18.8. The number of carbonyl (C=O) groups is 2. The lowest BCUT2D eigenvalue weighted by atomic mass is 9.84. The van der Waals surface area contributed by atoms with Crippen molar-refractivity contribution in [2.75, 3.05) is 18.9 Å². The van der Waals surface area contributed by atoms with Gasteiger partial charge in [-0.2, -0.15) is 0 Å². The smallest absolute Gasteiger partial charge is 0.407 e. The van der Waals surface area contributed by atoms with Crippen molar-refractivity contribution in [3.63, 3.8) is 0 Å². The molecule has 0 bridgehead atoms. The molecule has 0 radical (unpaired) electrons. The number of thioether (sulfide) groups is 1. The largest absolute Gasteiger partial charge is 0.444 e. The Bertz CT molecular complexity index is 1490. The lowest BCUT2D eigenvalue weighted by molar-refractivity contribution is -0.125. The van der Waals surface area contributed by atoms with Gasteiger partial charge in [-0.1, -0.05) is 142 Å². The number of benzene rings is 4. The van der Waals surface area contributed by atoms with Gasteiger partial charge in [0, 0.05) is 12.3 Å². The zero-order valence-electron chi connectivity index (χ0n) is 30.0. The van der Waals surface area contributed by atoms with Gasteiger partial charge in [-0.25, -0.2) is 4.79 Å². The van der Waals surface area contributed by atoms with Crippen LogP contribution >= 0.6 is 11.8 Å². The molecule has 0 heterocycles. The highest BCUT2D eigenvalue weighted by Crippen LogP contribution is 2.48. The molecule has 4 aromatic rings. The number of hydrogen-bond acceptors (Lipinski definition) is 6. The SMILES string of the molecule is CC[C@H](C)[C@H](NC[C@H](CSC(c1ccccc1)(c1ccccc1)c1ccccc1)NC(=O)OC(C)(C)C)C(=O)NC(CO)Cc1ccccc1. The number of aliphatic hydroxyl groups excluding tert-OH is 1. The molecule has 0 spiro atoms. The van der Waals surface area contributed by atoms with Crippen LogP contribution in [-0.2, 0) is 20.7 Å². The van der Waals surface area contributed by atoms with Crippen LogP contribution in [0, 0.1) is 5.92 Å². The summed E-state index contributed by atoms with van der Waals surface area (Å²) in [5.41, 5.74) is 3.73. The number of alkyl carbamates (subject to hydrolysis) is 1. The summed E-state index contributed by atoms with van der Waals surface area (Å²) in [6, 6.07) is 39.8. The van der Waals surface area contributed by atoms with E-state index in [1.54, 1.807) is 11.8 Å². The molecule has 50 heavy (non-hydrogen) atoms. The van der Waals surface area contributed by atoms with Crippen LogP contribution in [-0.4, -0.2) is 59.7 Å². The number of rotatable bonds is 17. The molecular formula is C42H53N3O4S. The molecule has 0 aliphatic rings. The van der Waals surface area contributed by atoms with Gasteiger partial charge >= 0.3 is 6.09 Å². The molecule has 2 amide bonds. The minimum absolute atomic E-state index is 0.00190. The van der Waals surface area contributed by atoms with E-state index in [4.69, 9.17) is 4.74 Å². The molecule has 0 aromatic heterocycles. The van der Waals surface area contributed by atoms with Crippen molar-refractivity contribution in [3.8, 4) is 0 Å². The van der Waals surface area contributed by atoms with Gasteiger partial charge in [0.2, 0.25) is 5.91 Å². The molecule has 7 nitrogen and oxygen atoms in total. The van der Waals surface area contributed by atoms with Gasteiger partial charge in [0.15, 0.2) is 0 Å². The average Bonchev–Trinajstić information content (AvgIpc) is 3.12. The average molecular weight is 696 g/mol. The Balaban J connectivity index is 1.63. The quantitative estimate of drug-likeness (QED) is 0.0864. The first-order valence-electron chi connectivity index (χ1n) is 17.5. The molecule has 0 saturated heterocycles. The van der Waals surface area contributed by atoms with Crippen LogP contribution in [0.1, 0.15) is 63.3 Å². The lowest BCUT2D eigenvalue weighted by Gasteiger charge is -2.37. The molecule has 4 atom stereocenters. The highest BCUT2D eigenvalue weighted by molar-refractivity contribution is 8.00. The van der Waals surface area contributed by atoms with Crippen LogP contribution < -0.4 is 16.0 Å². The van der Waals surface area contributed by atoms with Crippen LogP contribution in [0.3, 0.4) is 0 Å². The maximum atomic E-state index is 13.8. The summed E-state index contributed by atoms with van der Waals surface area (Å²) in [6.07, 6.45) is 0.782. The van der Waals surface area contributed by atoms with Gasteiger partial charge in [0.25, 0.3) is 0 Å². The molecule has 0 aliphatic heterocycles. The highest BCUT2D eigenvalue weighted by atomic mass is 32.2. The van der Waals surface area contributed by atoms with Crippen molar-refractivity contribution in [1.29, 1.82) is 0 Å². The van der Waals surface area contributed by atoms with Crippen molar-refractivity contribution in [2.24, 2.45) is 5.92 Å². The van der Waals surface area contributed by atoms with Gasteiger partial charge in [-0.05, 0) is 55.4 Å². The fourth-order valence-corrected chi connectivity index (χ4v) is 7.59. The van der Waals surface area contributed by atoms with Crippen molar-refractivity contribution in [2.45, 2.75) is 75.9 Å². The van der Waals surface area contributed by atoms with E-state index in [1.807, 2.05) is 76.2 Å². The van der Waals surface area contributed by atoms with E-state index in [-0.39, 0.29) is 18.4 Å². The Morgan fingerprint density at radius 1 is 0.740 bits per heavy atom. The molecule has 4 N–H and O–H groups in total. The zero-order valence-corrected chi connectivity index (χ0v) is 30.8. The van der Waals surface area contributed by atoms with E-state index in [2.05, 4.69) is 95.7 Å². The van der Waals surface area contributed by atoms with Crippen LogP contribution in [0.15, 0.2) is 121 Å². The molecule has 4 aromatic carbocycles. The molecular weight excluding hydrogens is 643 g/mol. The van der Waals surface area contributed by atoms with Crippen LogP contribution in [0.2, 0.25) is 0 Å². The summed E-state index contributed by atoms with van der Waals surface area (Å²) in [6.45, 7) is 9.78. The molecule has 0 saturated carbocycles. The molecule has 0 fully saturated rings. The summed E-state index contributed by atoms with van der Waals surface area (Å²) in [7, 11) is 0. The number of amides is 2. The van der Waals surface area contributed by atoms with Gasteiger partial charge in [-0.3, -0.25) is 4.79 Å². The van der Waals surface area contributed by atoms with Crippen molar-refractivity contribution in [3.05, 3.63) is 144 Å². The first kappa shape index (κ1) is 38.7. The molecule has 1 unspecified atom stereocenters. The number of hydrogen-bond donors (Lipinski definition) is 4. The topological polar surface area (TPSA) is 99.7 Å². The predicted octanol–water partition coefficient (Wildman–Crippen LogP) is 7.33. The van der Waals surface area contributed by atoms with E-state index < -0.39 is 34.6 Å². The highest BCUT2D eigenvalue weighted by Gasteiger charge is 2.38. The maximum absolute atomic E-state index is 13.8. The van der Waals surface area contributed by atoms with E-state index in [1.165, 1.54) is 0 Å². The fourth-order valence-electron chi connectivity index (χ4n) is 6.03. The minimum Gasteiger partial charge on any atom is -0.444 e. The molecule has 8 heteroatoms. The number of ether oxygens (including phenoxy) is 1. The van der Waals surface area contributed by atoms with E-state index in [0.29, 0.717) is 18.7 Å². The summed E-state index contributed by atoms with van der Waals surface area (Å²) < 4.78 is 5.12. The normalized spacial score (nSPS) is 14.2. The predicted molar refractivity (Wildman–Crippen MR) is 205 cm³/mol. The van der Waals surface area contributed by atoms with E-state index >= 15 is 0 Å². The van der Waals surface area contributed by atoms with Gasteiger partial charge < -0.3 is 25.8 Å². The molecule has 266 valence electrons. The number of aliphatic hydroxyl groups is 1. The third-order valence-electron chi connectivity index (χ3n) is 8.73. The Morgan fingerprint density at radius 2 is 1.22 bits per heavy atom. The van der Waals surface area contributed by atoms with Crippen LogP contribution in [0.4, 0.5) is 4.79 Å². The number of nitrogens with one attached hydrogen (secondary N) is 3. The Morgan fingerprint density at radius 3 is 1.66 bits per heavy atom. The van der Waals surface area contributed by atoms with Crippen molar-refractivity contribution >= 4 is 23.8 Å². The van der Waals surface area contributed by atoms with Crippen LogP contribution in [0.5, 0.6) is 0 Å².